The molecule has 0 amide bonds. The molecule has 1 rings (SSSR count). The van der Waals surface area contributed by atoms with Crippen molar-refractivity contribution < 1.29 is 4.39 Å². The summed E-state index contributed by atoms with van der Waals surface area (Å²) in [6.07, 6.45) is 0. The zero-order chi connectivity index (χ0) is 9.68. The van der Waals surface area contributed by atoms with Crippen molar-refractivity contribution in [3.63, 3.8) is 0 Å². The molecule has 0 fully saturated rings. The summed E-state index contributed by atoms with van der Waals surface area (Å²) in [7, 11) is 0. The summed E-state index contributed by atoms with van der Waals surface area (Å²) in [5.41, 5.74) is 0.983. The Labute approximate surface area is 77.0 Å². The van der Waals surface area contributed by atoms with Crippen LogP contribution in [0, 0.1) is 17.1 Å². The van der Waals surface area contributed by atoms with Crippen molar-refractivity contribution in [2.24, 2.45) is 0 Å². The van der Waals surface area contributed by atoms with Gasteiger partial charge in [0, 0.05) is 6.04 Å². The lowest BCUT2D eigenvalue weighted by Crippen LogP contribution is -2.18. The molecule has 0 aliphatic rings. The normalized spacial score (nSPS) is 12.1. The fraction of sp³-hybridized carbons (Fsp3) is 0.300. The lowest BCUT2D eigenvalue weighted by atomic mass is 10.1. The second-order valence-corrected chi connectivity index (χ2v) is 2.81. The van der Waals surface area contributed by atoms with Gasteiger partial charge in [-0.3, -0.25) is 5.32 Å². The molecule has 2 nitrogen and oxygen atoms in total. The number of hydrogen-bond acceptors (Lipinski definition) is 2. The second-order valence-electron chi connectivity index (χ2n) is 2.81. The molecule has 0 saturated carbocycles. The maximum absolute atomic E-state index is 12.5. The predicted octanol–water partition coefficient (Wildman–Crippen LogP) is 2.00. The number of rotatable bonds is 3. The van der Waals surface area contributed by atoms with Gasteiger partial charge in [-0.05, 0) is 24.6 Å². The van der Waals surface area contributed by atoms with Crippen LogP contribution in [-0.4, -0.2) is 6.54 Å². The Bertz CT molecular complexity index is 300. The molecule has 0 heterocycles. The summed E-state index contributed by atoms with van der Waals surface area (Å²) in [5.74, 6) is -0.240. The molecule has 0 aliphatic heterocycles. The van der Waals surface area contributed by atoms with Gasteiger partial charge in [-0.2, -0.15) is 5.26 Å². The first-order valence-corrected chi connectivity index (χ1v) is 4.10. The summed E-state index contributed by atoms with van der Waals surface area (Å²) >= 11 is 0. The smallest absolute Gasteiger partial charge is 0.123 e. The van der Waals surface area contributed by atoms with Crippen LogP contribution in [0.3, 0.4) is 0 Å². The molecule has 1 atom stereocenters. The molecule has 1 N–H and O–H groups in total. The van der Waals surface area contributed by atoms with Gasteiger partial charge in [0.1, 0.15) is 5.82 Å². The fourth-order valence-corrected chi connectivity index (χ4v) is 1.07. The van der Waals surface area contributed by atoms with Gasteiger partial charge in [0.05, 0.1) is 12.6 Å². The summed E-state index contributed by atoms with van der Waals surface area (Å²) in [4.78, 5) is 0. The largest absolute Gasteiger partial charge is 0.298 e. The number of halogens is 1. The van der Waals surface area contributed by atoms with E-state index in [-0.39, 0.29) is 11.9 Å². The van der Waals surface area contributed by atoms with Gasteiger partial charge in [0.2, 0.25) is 0 Å². The molecule has 0 unspecified atom stereocenters. The Morgan fingerprint density at radius 2 is 2.08 bits per heavy atom. The van der Waals surface area contributed by atoms with Crippen LogP contribution < -0.4 is 5.32 Å². The maximum atomic E-state index is 12.5. The molecule has 0 aliphatic carbocycles. The third kappa shape index (κ3) is 2.85. The Balaban J connectivity index is 2.62. The highest BCUT2D eigenvalue weighted by molar-refractivity contribution is 5.19. The topological polar surface area (TPSA) is 35.8 Å². The van der Waals surface area contributed by atoms with E-state index in [0.717, 1.165) is 5.56 Å². The van der Waals surface area contributed by atoms with Crippen LogP contribution >= 0.6 is 0 Å². The van der Waals surface area contributed by atoms with E-state index < -0.39 is 0 Å². The quantitative estimate of drug-likeness (QED) is 0.718. The van der Waals surface area contributed by atoms with Crippen molar-refractivity contribution in [3.8, 4) is 6.07 Å². The summed E-state index contributed by atoms with van der Waals surface area (Å²) in [5, 5.41) is 11.3. The lowest BCUT2D eigenvalue weighted by Gasteiger charge is -2.10. The molecule has 0 bridgehead atoms. The van der Waals surface area contributed by atoms with E-state index in [4.69, 9.17) is 5.26 Å². The van der Waals surface area contributed by atoms with Crippen LogP contribution in [0.1, 0.15) is 18.5 Å². The average Bonchev–Trinajstić information content (AvgIpc) is 2.15. The van der Waals surface area contributed by atoms with Crippen molar-refractivity contribution in [2.75, 3.05) is 6.54 Å². The minimum absolute atomic E-state index is 0.0836. The van der Waals surface area contributed by atoms with Gasteiger partial charge >= 0.3 is 0 Å². The zero-order valence-electron chi connectivity index (χ0n) is 7.42. The molecule has 0 spiro atoms. The molecule has 3 heteroatoms. The second kappa shape index (κ2) is 4.58. The Morgan fingerprint density at radius 1 is 1.46 bits per heavy atom. The highest BCUT2D eigenvalue weighted by Gasteiger charge is 2.02. The summed E-state index contributed by atoms with van der Waals surface area (Å²) in [6, 6.07) is 8.34. The van der Waals surface area contributed by atoms with Crippen LogP contribution in [0.2, 0.25) is 0 Å². The molecule has 0 saturated heterocycles. The Hall–Kier alpha value is -1.40. The Morgan fingerprint density at radius 3 is 2.62 bits per heavy atom. The van der Waals surface area contributed by atoms with E-state index in [1.807, 2.05) is 13.0 Å². The van der Waals surface area contributed by atoms with Gasteiger partial charge < -0.3 is 0 Å². The van der Waals surface area contributed by atoms with E-state index in [9.17, 15) is 4.39 Å². The number of hydrogen-bond donors (Lipinski definition) is 1. The van der Waals surface area contributed by atoms with Gasteiger partial charge in [0.15, 0.2) is 0 Å². The minimum atomic E-state index is -0.240. The number of benzene rings is 1. The molecule has 13 heavy (non-hydrogen) atoms. The van der Waals surface area contributed by atoms with E-state index in [2.05, 4.69) is 5.32 Å². The van der Waals surface area contributed by atoms with Crippen LogP contribution in [0.25, 0.3) is 0 Å². The average molecular weight is 178 g/mol. The highest BCUT2D eigenvalue weighted by Crippen LogP contribution is 2.11. The van der Waals surface area contributed by atoms with Gasteiger partial charge in [-0.1, -0.05) is 12.1 Å². The molecule has 68 valence electrons. The molecule has 0 radical (unpaired) electrons. The van der Waals surface area contributed by atoms with E-state index in [1.54, 1.807) is 12.1 Å². The number of nitriles is 1. The van der Waals surface area contributed by atoms with Crippen LogP contribution in [-0.2, 0) is 0 Å². The predicted molar refractivity (Wildman–Crippen MR) is 48.4 cm³/mol. The van der Waals surface area contributed by atoms with Crippen LogP contribution in [0.5, 0.6) is 0 Å². The van der Waals surface area contributed by atoms with Crippen molar-refractivity contribution in [1.82, 2.24) is 5.32 Å². The number of nitrogens with zero attached hydrogens (tertiary/aromatic N) is 1. The van der Waals surface area contributed by atoms with Crippen molar-refractivity contribution in [1.29, 1.82) is 5.26 Å². The van der Waals surface area contributed by atoms with Gasteiger partial charge in [-0.15, -0.1) is 0 Å². The first kappa shape index (κ1) is 9.69. The van der Waals surface area contributed by atoms with Gasteiger partial charge in [-0.25, -0.2) is 4.39 Å². The first-order valence-electron chi connectivity index (χ1n) is 4.10. The monoisotopic (exact) mass is 178 g/mol. The molecular formula is C10H11FN2. The van der Waals surface area contributed by atoms with Crippen molar-refractivity contribution >= 4 is 0 Å². The van der Waals surface area contributed by atoms with Crippen molar-refractivity contribution in [2.45, 2.75) is 13.0 Å². The zero-order valence-corrected chi connectivity index (χ0v) is 7.42. The molecule has 0 aromatic heterocycles. The Kier molecular flexibility index (Phi) is 3.41. The van der Waals surface area contributed by atoms with Gasteiger partial charge in [0.25, 0.3) is 0 Å². The van der Waals surface area contributed by atoms with Crippen LogP contribution in [0.4, 0.5) is 4.39 Å². The SMILES string of the molecule is C[C@H](NCC#N)c1ccc(F)cc1. The van der Waals surface area contributed by atoms with Crippen molar-refractivity contribution in [3.05, 3.63) is 35.6 Å². The van der Waals surface area contributed by atoms with E-state index in [0.29, 0.717) is 6.54 Å². The minimum Gasteiger partial charge on any atom is -0.298 e. The molecular weight excluding hydrogens is 167 g/mol. The molecule has 1 aromatic rings. The lowest BCUT2D eigenvalue weighted by molar-refractivity contribution is 0.608. The van der Waals surface area contributed by atoms with E-state index in [1.165, 1.54) is 12.1 Å². The third-order valence-corrected chi connectivity index (χ3v) is 1.86. The number of nitrogens with one attached hydrogen (secondary N) is 1. The highest BCUT2D eigenvalue weighted by atomic mass is 19.1. The molecule has 1 aromatic carbocycles. The third-order valence-electron chi connectivity index (χ3n) is 1.86. The van der Waals surface area contributed by atoms with Crippen LogP contribution in [0.15, 0.2) is 24.3 Å². The summed E-state index contributed by atoms with van der Waals surface area (Å²) < 4.78 is 12.5. The standard InChI is InChI=1S/C10H11FN2/c1-8(13-7-6-12)9-2-4-10(11)5-3-9/h2-5,8,13H,7H2,1H3/t8-/m0/s1. The maximum Gasteiger partial charge on any atom is 0.123 e. The fourth-order valence-electron chi connectivity index (χ4n) is 1.07. The van der Waals surface area contributed by atoms with E-state index >= 15 is 0 Å². The summed E-state index contributed by atoms with van der Waals surface area (Å²) in [6.45, 7) is 2.24. The first-order chi connectivity index (χ1) is 6.24.